The molecule has 3 rings (SSSR count). The van der Waals surface area contributed by atoms with Crippen LogP contribution in [0.1, 0.15) is 48.7 Å². The van der Waals surface area contributed by atoms with E-state index in [-0.39, 0.29) is 17.9 Å². The molecule has 152 valence electrons. The molecule has 7 nitrogen and oxygen atoms in total. The Bertz CT molecular complexity index is 930. The second kappa shape index (κ2) is 8.34. The van der Waals surface area contributed by atoms with Crippen molar-refractivity contribution in [2.24, 2.45) is 0 Å². The molecular weight excluding hydrogens is 370 g/mol. The number of aryl methyl sites for hydroxylation is 1. The van der Waals surface area contributed by atoms with Gasteiger partial charge in [-0.3, -0.25) is 25.2 Å². The zero-order valence-corrected chi connectivity index (χ0v) is 16.8. The van der Waals surface area contributed by atoms with E-state index in [9.17, 15) is 14.4 Å². The third-order valence-electron chi connectivity index (χ3n) is 4.67. The highest BCUT2D eigenvalue weighted by Crippen LogP contribution is 2.26. The van der Waals surface area contributed by atoms with E-state index in [1.54, 1.807) is 30.3 Å². The lowest BCUT2D eigenvalue weighted by atomic mass is 9.87. The Kier molecular flexibility index (Phi) is 5.87. The molecular formula is C22H25N3O4. The number of ether oxygens (including phenoxy) is 1. The fraction of sp³-hybridized carbons (Fsp3) is 0.318. The third kappa shape index (κ3) is 5.34. The molecule has 0 fully saturated rings. The van der Waals surface area contributed by atoms with E-state index in [1.165, 1.54) is 0 Å². The lowest BCUT2D eigenvalue weighted by molar-refractivity contribution is -0.123. The monoisotopic (exact) mass is 395 g/mol. The molecule has 1 aliphatic rings. The zero-order chi connectivity index (χ0) is 21.0. The summed E-state index contributed by atoms with van der Waals surface area (Å²) in [5.74, 6) is -0.354. The van der Waals surface area contributed by atoms with Gasteiger partial charge in [0.25, 0.3) is 11.8 Å². The number of amides is 3. The molecule has 3 amide bonds. The van der Waals surface area contributed by atoms with Crippen molar-refractivity contribution < 1.29 is 19.1 Å². The number of rotatable bonds is 4. The molecule has 2 aromatic carbocycles. The summed E-state index contributed by atoms with van der Waals surface area (Å²) in [7, 11) is 0. The molecule has 7 heteroatoms. The molecule has 0 radical (unpaired) electrons. The van der Waals surface area contributed by atoms with Crippen LogP contribution in [-0.2, 0) is 21.4 Å². The minimum absolute atomic E-state index is 0.00282. The summed E-state index contributed by atoms with van der Waals surface area (Å²) in [6.07, 6.45) is 1.06. The van der Waals surface area contributed by atoms with Gasteiger partial charge in [-0.05, 0) is 53.3 Å². The molecule has 0 aromatic heterocycles. The highest BCUT2D eigenvalue weighted by atomic mass is 16.5. The lowest BCUT2D eigenvalue weighted by Crippen LogP contribution is -2.43. The van der Waals surface area contributed by atoms with Gasteiger partial charge in [0.05, 0.1) is 0 Å². The number of carbonyl (C=O) groups excluding carboxylic acids is 3. The molecule has 0 saturated carbocycles. The van der Waals surface area contributed by atoms with Gasteiger partial charge in [0.15, 0.2) is 6.61 Å². The zero-order valence-electron chi connectivity index (χ0n) is 16.8. The first-order valence-electron chi connectivity index (χ1n) is 9.48. The fourth-order valence-electron chi connectivity index (χ4n) is 2.95. The van der Waals surface area contributed by atoms with Gasteiger partial charge in [0.2, 0.25) is 5.91 Å². The summed E-state index contributed by atoms with van der Waals surface area (Å²) in [4.78, 5) is 35.5. The van der Waals surface area contributed by atoms with Gasteiger partial charge >= 0.3 is 0 Å². The van der Waals surface area contributed by atoms with Crippen LogP contribution in [0.25, 0.3) is 0 Å². The SMILES string of the molecule is CC(C)(C)c1ccc(C(=O)NNC(=O)COc2ccc3c(c2)CCC(=O)N3)cc1. The van der Waals surface area contributed by atoms with E-state index in [2.05, 4.69) is 36.9 Å². The number of benzene rings is 2. The van der Waals surface area contributed by atoms with Crippen molar-refractivity contribution >= 4 is 23.4 Å². The predicted octanol–water partition coefficient (Wildman–Crippen LogP) is 2.71. The highest BCUT2D eigenvalue weighted by Gasteiger charge is 2.16. The van der Waals surface area contributed by atoms with Crippen LogP contribution in [0.2, 0.25) is 0 Å². The van der Waals surface area contributed by atoms with Gasteiger partial charge in [-0.15, -0.1) is 0 Å². The Balaban J connectivity index is 1.47. The Hall–Kier alpha value is -3.35. The van der Waals surface area contributed by atoms with Crippen molar-refractivity contribution in [3.63, 3.8) is 0 Å². The number of carbonyl (C=O) groups is 3. The Morgan fingerprint density at radius 3 is 2.45 bits per heavy atom. The first-order valence-corrected chi connectivity index (χ1v) is 9.48. The number of fused-ring (bicyclic) bond motifs is 1. The number of hydrogen-bond donors (Lipinski definition) is 3. The summed E-state index contributed by atoms with van der Waals surface area (Å²) in [5, 5.41) is 2.79. The Morgan fingerprint density at radius 1 is 1.03 bits per heavy atom. The van der Waals surface area contributed by atoms with Crippen LogP contribution < -0.4 is 20.9 Å². The maximum absolute atomic E-state index is 12.2. The van der Waals surface area contributed by atoms with Crippen LogP contribution in [0.3, 0.4) is 0 Å². The summed E-state index contributed by atoms with van der Waals surface area (Å²) in [6.45, 7) is 6.05. The summed E-state index contributed by atoms with van der Waals surface area (Å²) < 4.78 is 5.48. The van der Waals surface area contributed by atoms with Crippen molar-refractivity contribution in [3.8, 4) is 5.75 Å². The standard InChI is InChI=1S/C22H25N3O4/c1-22(2,3)16-7-4-14(5-8-16)21(28)25-24-20(27)13-29-17-9-10-18-15(12-17)6-11-19(26)23-18/h4-5,7-10,12H,6,11,13H2,1-3H3,(H,23,26)(H,24,27)(H,25,28). The van der Waals surface area contributed by atoms with Gasteiger partial charge in [-0.2, -0.15) is 0 Å². The second-order valence-corrected chi connectivity index (χ2v) is 7.99. The highest BCUT2D eigenvalue weighted by molar-refractivity contribution is 5.95. The summed E-state index contributed by atoms with van der Waals surface area (Å²) >= 11 is 0. The fourth-order valence-corrected chi connectivity index (χ4v) is 2.95. The number of hydrazine groups is 1. The Labute approximate surface area is 169 Å². The molecule has 0 bridgehead atoms. The molecule has 29 heavy (non-hydrogen) atoms. The Morgan fingerprint density at radius 2 is 1.76 bits per heavy atom. The molecule has 0 saturated heterocycles. The van der Waals surface area contributed by atoms with Crippen molar-refractivity contribution in [3.05, 3.63) is 59.2 Å². The van der Waals surface area contributed by atoms with Crippen LogP contribution in [0, 0.1) is 0 Å². The summed E-state index contributed by atoms with van der Waals surface area (Å²) in [6, 6.07) is 12.5. The van der Waals surface area contributed by atoms with E-state index < -0.39 is 11.8 Å². The first-order chi connectivity index (χ1) is 13.7. The second-order valence-electron chi connectivity index (χ2n) is 7.99. The molecule has 2 aromatic rings. The van der Waals surface area contributed by atoms with Gasteiger partial charge < -0.3 is 10.1 Å². The quantitative estimate of drug-likeness (QED) is 0.694. The normalized spacial score (nSPS) is 13.1. The van der Waals surface area contributed by atoms with Crippen molar-refractivity contribution in [2.75, 3.05) is 11.9 Å². The van der Waals surface area contributed by atoms with E-state index in [0.29, 0.717) is 24.2 Å². The lowest BCUT2D eigenvalue weighted by Gasteiger charge is -2.19. The molecule has 0 aliphatic carbocycles. The maximum atomic E-state index is 12.2. The molecule has 3 N–H and O–H groups in total. The maximum Gasteiger partial charge on any atom is 0.276 e. The topological polar surface area (TPSA) is 96.5 Å². The van der Waals surface area contributed by atoms with Gasteiger partial charge in [0.1, 0.15) is 5.75 Å². The van der Waals surface area contributed by atoms with Crippen LogP contribution >= 0.6 is 0 Å². The van der Waals surface area contributed by atoms with Gasteiger partial charge in [-0.1, -0.05) is 32.9 Å². The van der Waals surface area contributed by atoms with Crippen LogP contribution in [0.5, 0.6) is 5.75 Å². The van der Waals surface area contributed by atoms with Crippen molar-refractivity contribution in [1.29, 1.82) is 0 Å². The minimum Gasteiger partial charge on any atom is -0.484 e. The predicted molar refractivity (Wildman–Crippen MR) is 110 cm³/mol. The largest absolute Gasteiger partial charge is 0.484 e. The summed E-state index contributed by atoms with van der Waals surface area (Å²) in [5.41, 5.74) is 8.04. The molecule has 0 spiro atoms. The van der Waals surface area contributed by atoms with E-state index in [4.69, 9.17) is 4.74 Å². The van der Waals surface area contributed by atoms with E-state index in [0.717, 1.165) is 16.8 Å². The average Bonchev–Trinajstić information content (AvgIpc) is 2.69. The molecule has 0 atom stereocenters. The smallest absolute Gasteiger partial charge is 0.276 e. The van der Waals surface area contributed by atoms with Crippen LogP contribution in [0.4, 0.5) is 5.69 Å². The van der Waals surface area contributed by atoms with Crippen LogP contribution in [-0.4, -0.2) is 24.3 Å². The van der Waals surface area contributed by atoms with Crippen molar-refractivity contribution in [1.82, 2.24) is 10.9 Å². The molecule has 1 heterocycles. The molecule has 0 unspecified atom stereocenters. The minimum atomic E-state index is -0.476. The number of anilines is 1. The molecule has 1 aliphatic heterocycles. The van der Waals surface area contributed by atoms with E-state index >= 15 is 0 Å². The van der Waals surface area contributed by atoms with Gasteiger partial charge in [-0.25, -0.2) is 0 Å². The third-order valence-corrected chi connectivity index (χ3v) is 4.67. The van der Waals surface area contributed by atoms with Gasteiger partial charge in [0, 0.05) is 17.7 Å². The van der Waals surface area contributed by atoms with Crippen LogP contribution in [0.15, 0.2) is 42.5 Å². The number of hydrogen-bond acceptors (Lipinski definition) is 4. The first kappa shape index (κ1) is 20.4. The average molecular weight is 395 g/mol. The number of nitrogens with one attached hydrogen (secondary N) is 3. The van der Waals surface area contributed by atoms with Crippen molar-refractivity contribution in [2.45, 2.75) is 39.0 Å². The van der Waals surface area contributed by atoms with E-state index in [1.807, 2.05) is 12.1 Å².